The number of nitrogens with zero attached hydrogens (tertiary/aromatic N) is 3. The second-order valence-electron chi connectivity index (χ2n) is 6.92. The minimum absolute atomic E-state index is 0.205. The minimum atomic E-state index is 0.205. The zero-order chi connectivity index (χ0) is 16.4. The van der Waals surface area contributed by atoms with Crippen molar-refractivity contribution in [2.45, 2.75) is 44.9 Å². The van der Waals surface area contributed by atoms with E-state index in [1.54, 1.807) is 18.4 Å². The third kappa shape index (κ3) is 3.23. The summed E-state index contributed by atoms with van der Waals surface area (Å²) in [6.07, 6.45) is 8.97. The SMILES string of the molecule is O=C(CCc1nc(-c2ccco2)no1)N1CC[C@@H]2CCCC[C@@H]2C1. The molecular weight excluding hydrogens is 306 g/mol. The van der Waals surface area contributed by atoms with Crippen LogP contribution in [0, 0.1) is 11.8 Å². The highest BCUT2D eigenvalue weighted by atomic mass is 16.5. The first-order valence-corrected chi connectivity index (χ1v) is 8.94. The van der Waals surface area contributed by atoms with Gasteiger partial charge in [-0.05, 0) is 36.8 Å². The van der Waals surface area contributed by atoms with Crippen LogP contribution >= 0.6 is 0 Å². The Morgan fingerprint density at radius 1 is 1.25 bits per heavy atom. The van der Waals surface area contributed by atoms with Gasteiger partial charge in [0.2, 0.25) is 17.6 Å². The van der Waals surface area contributed by atoms with Crippen LogP contribution in [0.2, 0.25) is 0 Å². The van der Waals surface area contributed by atoms with E-state index in [1.807, 2.05) is 4.90 Å². The Balaban J connectivity index is 1.30. The molecule has 1 amide bonds. The molecule has 6 nitrogen and oxygen atoms in total. The van der Waals surface area contributed by atoms with Crippen molar-refractivity contribution in [3.8, 4) is 11.6 Å². The van der Waals surface area contributed by atoms with Crippen LogP contribution in [0.15, 0.2) is 27.3 Å². The number of aromatic nitrogens is 2. The van der Waals surface area contributed by atoms with Crippen LogP contribution in [0.3, 0.4) is 0 Å². The molecule has 1 aliphatic heterocycles. The quantitative estimate of drug-likeness (QED) is 0.860. The van der Waals surface area contributed by atoms with E-state index in [2.05, 4.69) is 10.1 Å². The summed E-state index contributed by atoms with van der Waals surface area (Å²) in [4.78, 5) is 18.8. The van der Waals surface area contributed by atoms with Crippen molar-refractivity contribution in [1.29, 1.82) is 0 Å². The maximum absolute atomic E-state index is 12.5. The molecule has 2 atom stereocenters. The molecule has 4 rings (SSSR count). The van der Waals surface area contributed by atoms with E-state index in [4.69, 9.17) is 8.94 Å². The molecule has 128 valence electrons. The molecule has 3 heterocycles. The molecule has 0 spiro atoms. The van der Waals surface area contributed by atoms with Gasteiger partial charge in [-0.1, -0.05) is 24.4 Å². The highest BCUT2D eigenvalue weighted by molar-refractivity contribution is 5.76. The molecule has 0 aromatic carbocycles. The van der Waals surface area contributed by atoms with Gasteiger partial charge < -0.3 is 13.8 Å². The zero-order valence-electron chi connectivity index (χ0n) is 13.8. The largest absolute Gasteiger partial charge is 0.461 e. The van der Waals surface area contributed by atoms with Crippen LogP contribution in [0.25, 0.3) is 11.6 Å². The molecule has 0 radical (unpaired) electrons. The van der Waals surface area contributed by atoms with Crippen molar-refractivity contribution >= 4 is 5.91 Å². The highest BCUT2D eigenvalue weighted by Gasteiger charge is 2.32. The van der Waals surface area contributed by atoms with E-state index in [0.717, 1.165) is 19.0 Å². The van der Waals surface area contributed by atoms with Gasteiger partial charge in [0, 0.05) is 25.9 Å². The van der Waals surface area contributed by atoms with Crippen molar-refractivity contribution < 1.29 is 13.7 Å². The molecular formula is C18H23N3O3. The lowest BCUT2D eigenvalue weighted by Crippen LogP contribution is -2.44. The topological polar surface area (TPSA) is 72.4 Å². The number of aryl methyl sites for hydroxylation is 1. The number of piperidine rings is 1. The lowest BCUT2D eigenvalue weighted by Gasteiger charge is -2.41. The fourth-order valence-corrected chi connectivity index (χ4v) is 4.06. The van der Waals surface area contributed by atoms with E-state index in [9.17, 15) is 4.79 Å². The molecule has 24 heavy (non-hydrogen) atoms. The van der Waals surface area contributed by atoms with Gasteiger partial charge in [0.25, 0.3) is 0 Å². The van der Waals surface area contributed by atoms with Crippen molar-refractivity contribution in [2.24, 2.45) is 11.8 Å². The van der Waals surface area contributed by atoms with Crippen molar-refractivity contribution in [3.63, 3.8) is 0 Å². The van der Waals surface area contributed by atoms with E-state index in [-0.39, 0.29) is 5.91 Å². The molecule has 2 aromatic rings. The summed E-state index contributed by atoms with van der Waals surface area (Å²) in [6.45, 7) is 1.84. The summed E-state index contributed by atoms with van der Waals surface area (Å²) in [5.41, 5.74) is 0. The Morgan fingerprint density at radius 2 is 2.12 bits per heavy atom. The summed E-state index contributed by atoms with van der Waals surface area (Å²) in [5.74, 6) is 3.26. The summed E-state index contributed by atoms with van der Waals surface area (Å²) in [6, 6.07) is 3.57. The first-order valence-electron chi connectivity index (χ1n) is 8.94. The standard InChI is InChI=1S/C18H23N3O3/c22-17(21-10-9-13-4-1-2-5-14(13)12-21)8-7-16-19-18(20-24-16)15-6-3-11-23-15/h3,6,11,13-14H,1-2,4-5,7-10,12H2/t13-,14+/m0/s1. The Hall–Kier alpha value is -2.11. The van der Waals surface area contributed by atoms with Crippen LogP contribution in [0.5, 0.6) is 0 Å². The van der Waals surface area contributed by atoms with Crippen LogP contribution in [-0.4, -0.2) is 34.0 Å². The van der Waals surface area contributed by atoms with Gasteiger partial charge in [0.15, 0.2) is 5.76 Å². The van der Waals surface area contributed by atoms with Gasteiger partial charge in [0.05, 0.1) is 6.26 Å². The fraction of sp³-hybridized carbons (Fsp3) is 0.611. The first-order chi connectivity index (χ1) is 11.8. The third-order valence-corrected chi connectivity index (χ3v) is 5.41. The Labute approximate surface area is 141 Å². The maximum Gasteiger partial charge on any atom is 0.238 e. The van der Waals surface area contributed by atoms with Gasteiger partial charge in [-0.3, -0.25) is 4.79 Å². The monoisotopic (exact) mass is 329 g/mol. The van der Waals surface area contributed by atoms with Crippen molar-refractivity contribution in [3.05, 3.63) is 24.3 Å². The molecule has 2 aromatic heterocycles. The number of furan rings is 1. The molecule has 2 aliphatic rings. The maximum atomic E-state index is 12.5. The second kappa shape index (κ2) is 6.79. The second-order valence-corrected chi connectivity index (χ2v) is 6.92. The summed E-state index contributed by atoms with van der Waals surface area (Å²) in [5, 5.41) is 3.90. The van der Waals surface area contributed by atoms with Crippen LogP contribution in [-0.2, 0) is 11.2 Å². The number of fused-ring (bicyclic) bond motifs is 1. The number of likely N-dealkylation sites (tertiary alicyclic amines) is 1. The Kier molecular flexibility index (Phi) is 4.36. The van der Waals surface area contributed by atoms with Gasteiger partial charge in [-0.2, -0.15) is 4.98 Å². The van der Waals surface area contributed by atoms with E-state index < -0.39 is 0 Å². The Bertz CT molecular complexity index is 680. The number of hydrogen-bond acceptors (Lipinski definition) is 5. The molecule has 6 heteroatoms. The highest BCUT2D eigenvalue weighted by Crippen LogP contribution is 2.36. The van der Waals surface area contributed by atoms with Crippen molar-refractivity contribution in [1.82, 2.24) is 15.0 Å². The van der Waals surface area contributed by atoms with Crippen LogP contribution < -0.4 is 0 Å². The summed E-state index contributed by atoms with van der Waals surface area (Å²) >= 11 is 0. The number of carbonyl (C=O) groups excluding carboxylic acids is 1. The van der Waals surface area contributed by atoms with Gasteiger partial charge in [0.1, 0.15) is 0 Å². The third-order valence-electron chi connectivity index (χ3n) is 5.41. The predicted octanol–water partition coefficient (Wildman–Crippen LogP) is 3.30. The lowest BCUT2D eigenvalue weighted by molar-refractivity contribution is -0.134. The number of hydrogen-bond donors (Lipinski definition) is 0. The smallest absolute Gasteiger partial charge is 0.238 e. The lowest BCUT2D eigenvalue weighted by atomic mass is 9.75. The number of carbonyl (C=O) groups is 1. The summed E-state index contributed by atoms with van der Waals surface area (Å²) in [7, 11) is 0. The van der Waals surface area contributed by atoms with Crippen molar-refractivity contribution in [2.75, 3.05) is 13.1 Å². The average Bonchev–Trinajstić information content (AvgIpc) is 3.30. The normalized spacial score (nSPS) is 23.9. The van der Waals surface area contributed by atoms with Crippen LogP contribution in [0.1, 0.15) is 44.4 Å². The number of amides is 1. The minimum Gasteiger partial charge on any atom is -0.461 e. The van der Waals surface area contributed by atoms with E-state index in [1.165, 1.54) is 32.1 Å². The average molecular weight is 329 g/mol. The summed E-state index contributed by atoms with van der Waals surface area (Å²) < 4.78 is 10.5. The van der Waals surface area contributed by atoms with E-state index >= 15 is 0 Å². The number of rotatable bonds is 4. The van der Waals surface area contributed by atoms with E-state index in [0.29, 0.717) is 36.2 Å². The van der Waals surface area contributed by atoms with Gasteiger partial charge >= 0.3 is 0 Å². The van der Waals surface area contributed by atoms with Crippen LogP contribution in [0.4, 0.5) is 0 Å². The molecule has 0 unspecified atom stereocenters. The zero-order valence-corrected chi connectivity index (χ0v) is 13.8. The molecule has 2 fully saturated rings. The molecule has 1 saturated heterocycles. The Morgan fingerprint density at radius 3 is 2.96 bits per heavy atom. The molecule has 1 saturated carbocycles. The van der Waals surface area contributed by atoms with Gasteiger partial charge in [-0.15, -0.1) is 0 Å². The molecule has 0 bridgehead atoms. The first kappa shape index (κ1) is 15.4. The predicted molar refractivity (Wildman–Crippen MR) is 87.0 cm³/mol. The fourth-order valence-electron chi connectivity index (χ4n) is 4.06. The molecule has 0 N–H and O–H groups in total. The molecule has 1 aliphatic carbocycles. The van der Waals surface area contributed by atoms with Gasteiger partial charge in [-0.25, -0.2) is 0 Å².